The van der Waals surface area contributed by atoms with E-state index in [4.69, 9.17) is 0 Å². The summed E-state index contributed by atoms with van der Waals surface area (Å²) in [6.45, 7) is 0.504. The molecular weight excluding hydrogens is 272 g/mol. The zero-order valence-corrected chi connectivity index (χ0v) is 11.2. The van der Waals surface area contributed by atoms with E-state index in [0.29, 0.717) is 35.2 Å². The highest BCUT2D eigenvalue weighted by Crippen LogP contribution is 2.20. The molecule has 2 aromatic carbocycles. The highest BCUT2D eigenvalue weighted by Gasteiger charge is 2.05. The number of benzene rings is 2. The summed E-state index contributed by atoms with van der Waals surface area (Å²) in [5.41, 5.74) is 1.30. The van der Waals surface area contributed by atoms with Crippen molar-refractivity contribution in [3.8, 4) is 0 Å². The summed E-state index contributed by atoms with van der Waals surface area (Å²) in [4.78, 5) is 8.20. The van der Waals surface area contributed by atoms with E-state index in [1.807, 2.05) is 0 Å². The van der Waals surface area contributed by atoms with E-state index in [-0.39, 0.29) is 11.6 Å². The van der Waals surface area contributed by atoms with E-state index in [1.54, 1.807) is 24.3 Å². The summed E-state index contributed by atoms with van der Waals surface area (Å²) >= 11 is 0. The number of hydrogen-bond acceptors (Lipinski definition) is 3. The molecule has 1 heterocycles. The van der Waals surface area contributed by atoms with Crippen LogP contribution < -0.4 is 5.32 Å². The first-order valence-corrected chi connectivity index (χ1v) is 6.61. The Hall–Kier alpha value is -2.56. The van der Waals surface area contributed by atoms with Crippen molar-refractivity contribution in [1.29, 1.82) is 0 Å². The number of nitrogens with one attached hydrogen (secondary N) is 1. The molecule has 0 unspecified atom stereocenters. The molecule has 3 rings (SSSR count). The van der Waals surface area contributed by atoms with Crippen LogP contribution in [0.3, 0.4) is 0 Å². The smallest absolute Gasteiger partial charge is 0.137 e. The van der Waals surface area contributed by atoms with Crippen LogP contribution in [0.1, 0.15) is 5.56 Å². The molecule has 3 nitrogen and oxygen atoms in total. The molecule has 0 fully saturated rings. The van der Waals surface area contributed by atoms with Crippen molar-refractivity contribution in [3.63, 3.8) is 0 Å². The first kappa shape index (κ1) is 13.4. The van der Waals surface area contributed by atoms with Crippen molar-refractivity contribution in [2.24, 2.45) is 0 Å². The van der Waals surface area contributed by atoms with E-state index in [0.717, 1.165) is 0 Å². The number of fused-ring (bicyclic) bond motifs is 1. The third-order valence-corrected chi connectivity index (χ3v) is 3.24. The molecule has 0 amide bonds. The number of hydrogen-bond donors (Lipinski definition) is 1. The van der Waals surface area contributed by atoms with E-state index in [9.17, 15) is 8.78 Å². The standard InChI is InChI=1S/C16H13F2N3/c17-12-5-6-15-13(9-12)16(21-10-20-15)19-8-7-11-3-1-2-4-14(11)18/h1-6,9-10H,7-8H2,(H,19,20,21). The number of nitrogens with zero attached hydrogens (tertiary/aromatic N) is 2. The minimum Gasteiger partial charge on any atom is -0.369 e. The molecule has 0 spiro atoms. The van der Waals surface area contributed by atoms with Gasteiger partial charge in [-0.2, -0.15) is 0 Å². The second-order valence-electron chi connectivity index (χ2n) is 4.65. The second-order valence-corrected chi connectivity index (χ2v) is 4.65. The number of rotatable bonds is 4. The lowest BCUT2D eigenvalue weighted by molar-refractivity contribution is 0.610. The van der Waals surface area contributed by atoms with Gasteiger partial charge in [-0.3, -0.25) is 0 Å². The first-order chi connectivity index (χ1) is 10.2. The van der Waals surface area contributed by atoms with Gasteiger partial charge in [0.15, 0.2) is 0 Å². The number of aromatic nitrogens is 2. The summed E-state index contributed by atoms with van der Waals surface area (Å²) in [5.74, 6) is -0.0109. The maximum atomic E-state index is 13.5. The predicted octanol–water partition coefficient (Wildman–Crippen LogP) is 3.56. The Kier molecular flexibility index (Phi) is 3.73. The van der Waals surface area contributed by atoms with Crippen LogP contribution in [0.15, 0.2) is 48.8 Å². The summed E-state index contributed by atoms with van der Waals surface area (Å²) in [6.07, 6.45) is 1.94. The van der Waals surface area contributed by atoms with Crippen molar-refractivity contribution in [3.05, 3.63) is 66.0 Å². The van der Waals surface area contributed by atoms with E-state index in [2.05, 4.69) is 15.3 Å². The van der Waals surface area contributed by atoms with Gasteiger partial charge in [0.2, 0.25) is 0 Å². The van der Waals surface area contributed by atoms with Crippen LogP contribution in [0.2, 0.25) is 0 Å². The summed E-state index contributed by atoms with van der Waals surface area (Å²) < 4.78 is 26.8. The van der Waals surface area contributed by atoms with Gasteiger partial charge in [0.1, 0.15) is 23.8 Å². The van der Waals surface area contributed by atoms with Crippen LogP contribution in [-0.2, 0) is 6.42 Å². The topological polar surface area (TPSA) is 37.8 Å². The van der Waals surface area contributed by atoms with Gasteiger partial charge in [-0.1, -0.05) is 18.2 Å². The first-order valence-electron chi connectivity index (χ1n) is 6.61. The second kappa shape index (κ2) is 5.83. The van der Waals surface area contributed by atoms with Crippen LogP contribution in [0, 0.1) is 11.6 Å². The SMILES string of the molecule is Fc1ccc2ncnc(NCCc3ccccc3F)c2c1. The fraction of sp³-hybridized carbons (Fsp3) is 0.125. The molecule has 5 heteroatoms. The number of anilines is 1. The van der Waals surface area contributed by atoms with Crippen molar-refractivity contribution >= 4 is 16.7 Å². The lowest BCUT2D eigenvalue weighted by Crippen LogP contribution is -2.08. The molecule has 0 aliphatic rings. The Morgan fingerprint density at radius 3 is 2.71 bits per heavy atom. The quantitative estimate of drug-likeness (QED) is 0.796. The van der Waals surface area contributed by atoms with E-state index < -0.39 is 0 Å². The summed E-state index contributed by atoms with van der Waals surface area (Å²) in [5, 5.41) is 3.72. The van der Waals surface area contributed by atoms with Gasteiger partial charge in [0.25, 0.3) is 0 Å². The van der Waals surface area contributed by atoms with Gasteiger partial charge in [-0.15, -0.1) is 0 Å². The molecule has 0 aliphatic carbocycles. The van der Waals surface area contributed by atoms with Crippen LogP contribution in [0.4, 0.5) is 14.6 Å². The molecule has 106 valence electrons. The molecule has 1 N–H and O–H groups in total. The highest BCUT2D eigenvalue weighted by molar-refractivity contribution is 5.88. The van der Waals surface area contributed by atoms with Crippen LogP contribution in [-0.4, -0.2) is 16.5 Å². The van der Waals surface area contributed by atoms with Crippen LogP contribution >= 0.6 is 0 Å². The monoisotopic (exact) mass is 285 g/mol. The Morgan fingerprint density at radius 2 is 1.86 bits per heavy atom. The van der Waals surface area contributed by atoms with Gasteiger partial charge < -0.3 is 5.32 Å². The van der Waals surface area contributed by atoms with Gasteiger partial charge in [0, 0.05) is 11.9 Å². The predicted molar refractivity (Wildman–Crippen MR) is 78.1 cm³/mol. The molecule has 3 aromatic rings. The maximum Gasteiger partial charge on any atom is 0.137 e. The van der Waals surface area contributed by atoms with Gasteiger partial charge >= 0.3 is 0 Å². The normalized spacial score (nSPS) is 10.8. The zero-order valence-electron chi connectivity index (χ0n) is 11.2. The molecule has 0 saturated heterocycles. The van der Waals surface area contributed by atoms with Crippen molar-refractivity contribution in [2.75, 3.05) is 11.9 Å². The fourth-order valence-corrected chi connectivity index (χ4v) is 2.19. The molecule has 1 aromatic heterocycles. The Morgan fingerprint density at radius 1 is 1.00 bits per heavy atom. The molecule has 0 aliphatic heterocycles. The average Bonchev–Trinajstić information content (AvgIpc) is 2.49. The Labute approximate surface area is 120 Å². The lowest BCUT2D eigenvalue weighted by Gasteiger charge is -2.08. The molecule has 0 saturated carbocycles. The largest absolute Gasteiger partial charge is 0.369 e. The zero-order chi connectivity index (χ0) is 14.7. The van der Waals surface area contributed by atoms with Gasteiger partial charge in [0.05, 0.1) is 5.52 Å². The van der Waals surface area contributed by atoms with Crippen LogP contribution in [0.5, 0.6) is 0 Å². The minimum absolute atomic E-state index is 0.224. The van der Waals surface area contributed by atoms with E-state index >= 15 is 0 Å². The van der Waals surface area contributed by atoms with E-state index in [1.165, 1.54) is 24.5 Å². The third-order valence-electron chi connectivity index (χ3n) is 3.24. The van der Waals surface area contributed by atoms with Gasteiger partial charge in [-0.05, 0) is 36.2 Å². The average molecular weight is 285 g/mol. The molecule has 21 heavy (non-hydrogen) atoms. The summed E-state index contributed by atoms with van der Waals surface area (Å²) in [7, 11) is 0. The van der Waals surface area contributed by atoms with Crippen molar-refractivity contribution < 1.29 is 8.78 Å². The van der Waals surface area contributed by atoms with Crippen molar-refractivity contribution in [1.82, 2.24) is 9.97 Å². The molecule has 0 bridgehead atoms. The lowest BCUT2D eigenvalue weighted by atomic mass is 10.1. The molecular formula is C16H13F2N3. The third kappa shape index (κ3) is 2.97. The maximum absolute atomic E-state index is 13.5. The fourth-order valence-electron chi connectivity index (χ4n) is 2.19. The van der Waals surface area contributed by atoms with Gasteiger partial charge in [-0.25, -0.2) is 18.7 Å². The summed E-state index contributed by atoms with van der Waals surface area (Å²) in [6, 6.07) is 11.0. The molecule has 0 radical (unpaired) electrons. The van der Waals surface area contributed by atoms with Crippen molar-refractivity contribution in [2.45, 2.75) is 6.42 Å². The van der Waals surface area contributed by atoms with Crippen LogP contribution in [0.25, 0.3) is 10.9 Å². The Bertz CT molecular complexity index is 774. The Balaban J connectivity index is 1.77. The minimum atomic E-state index is -0.338. The highest BCUT2D eigenvalue weighted by atomic mass is 19.1. The molecule has 0 atom stereocenters. The number of halogens is 2.